The number of alkyl carbamates (subject to hydrolysis) is 1. The summed E-state index contributed by atoms with van der Waals surface area (Å²) >= 11 is 0. The molecule has 0 aliphatic carbocycles. The highest BCUT2D eigenvalue weighted by atomic mass is 16.6. The van der Waals surface area contributed by atoms with Crippen LogP contribution in [0.15, 0.2) is 48.5 Å². The number of aliphatic hydroxyl groups excluding tert-OH is 1. The molecule has 1 atom stereocenters. The molecule has 3 aliphatic heterocycles. The van der Waals surface area contributed by atoms with Gasteiger partial charge >= 0.3 is 6.09 Å². The Bertz CT molecular complexity index is 853. The molecule has 5 heteroatoms. The smallest absolute Gasteiger partial charge is 0.408 e. The topological polar surface area (TPSA) is 61.8 Å². The number of nitrogens with zero attached hydrogens (tertiary/aromatic N) is 1. The van der Waals surface area contributed by atoms with Gasteiger partial charge in [0.1, 0.15) is 6.10 Å². The Hall–Kier alpha value is -2.37. The van der Waals surface area contributed by atoms with Crippen LogP contribution in [0.5, 0.6) is 0 Å². The van der Waals surface area contributed by atoms with Crippen molar-refractivity contribution in [2.75, 3.05) is 26.2 Å². The molecule has 30 heavy (non-hydrogen) atoms. The molecule has 0 aromatic heterocycles. The summed E-state index contributed by atoms with van der Waals surface area (Å²) in [7, 11) is 0. The number of carbonyl (C=O) groups is 1. The van der Waals surface area contributed by atoms with E-state index in [9.17, 15) is 4.79 Å². The molecule has 3 heterocycles. The van der Waals surface area contributed by atoms with E-state index in [1.54, 1.807) is 0 Å². The van der Waals surface area contributed by atoms with E-state index < -0.39 is 5.54 Å². The van der Waals surface area contributed by atoms with Gasteiger partial charge in [-0.1, -0.05) is 48.5 Å². The van der Waals surface area contributed by atoms with Crippen LogP contribution in [0.3, 0.4) is 0 Å². The van der Waals surface area contributed by atoms with Gasteiger partial charge in [-0.2, -0.15) is 0 Å². The second-order valence-corrected chi connectivity index (χ2v) is 9.08. The van der Waals surface area contributed by atoms with Gasteiger partial charge in [0, 0.05) is 13.2 Å². The van der Waals surface area contributed by atoms with Gasteiger partial charge in [0.2, 0.25) is 0 Å². The van der Waals surface area contributed by atoms with Crippen molar-refractivity contribution in [2.24, 2.45) is 5.92 Å². The molecule has 3 fully saturated rings. The zero-order chi connectivity index (χ0) is 21.1. The number of nitrogens with one attached hydrogen (secondary N) is 1. The number of piperidine rings is 3. The average Bonchev–Trinajstić information content (AvgIpc) is 2.75. The lowest BCUT2D eigenvalue weighted by atomic mass is 9.86. The van der Waals surface area contributed by atoms with E-state index >= 15 is 0 Å². The largest absolute Gasteiger partial charge is 0.445 e. The maximum Gasteiger partial charge on any atom is 0.408 e. The molecule has 2 aromatic rings. The summed E-state index contributed by atoms with van der Waals surface area (Å²) in [6.07, 6.45) is 2.62. The molecule has 2 aromatic carbocycles. The van der Waals surface area contributed by atoms with Crippen molar-refractivity contribution in [1.29, 1.82) is 0 Å². The molecule has 3 aliphatic rings. The fourth-order valence-corrected chi connectivity index (χ4v) is 4.61. The number of amides is 1. The van der Waals surface area contributed by atoms with Gasteiger partial charge in [-0.25, -0.2) is 4.79 Å². The van der Waals surface area contributed by atoms with Crippen LogP contribution in [0, 0.1) is 5.92 Å². The third kappa shape index (κ3) is 4.68. The second-order valence-electron chi connectivity index (χ2n) is 9.08. The fourth-order valence-electron chi connectivity index (χ4n) is 4.61. The first-order valence-electron chi connectivity index (χ1n) is 11.0. The molecule has 1 unspecified atom stereocenters. The zero-order valence-electron chi connectivity index (χ0n) is 17.9. The quantitative estimate of drug-likeness (QED) is 0.760. The number of hydrogen-bond acceptors (Lipinski definition) is 4. The molecule has 1 amide bonds. The summed E-state index contributed by atoms with van der Waals surface area (Å²) in [6, 6.07) is 16.5. The van der Waals surface area contributed by atoms with Crippen molar-refractivity contribution in [3.8, 4) is 11.1 Å². The van der Waals surface area contributed by atoms with E-state index in [2.05, 4.69) is 58.7 Å². The van der Waals surface area contributed by atoms with Crippen LogP contribution in [0.1, 0.15) is 37.8 Å². The van der Waals surface area contributed by atoms with Crippen LogP contribution in [0.25, 0.3) is 11.1 Å². The summed E-state index contributed by atoms with van der Waals surface area (Å²) in [5, 5.41) is 12.1. The number of aliphatic hydroxyl groups is 1. The van der Waals surface area contributed by atoms with Gasteiger partial charge in [0.05, 0.1) is 5.54 Å². The highest BCUT2D eigenvalue weighted by molar-refractivity contribution is 5.69. The molecule has 0 radical (unpaired) electrons. The van der Waals surface area contributed by atoms with Crippen molar-refractivity contribution < 1.29 is 14.6 Å². The van der Waals surface area contributed by atoms with Gasteiger partial charge in [-0.15, -0.1) is 0 Å². The number of carbonyl (C=O) groups excluding carboxylic acids is 1. The Kier molecular flexibility index (Phi) is 6.11. The Morgan fingerprint density at radius 3 is 2.20 bits per heavy atom. The van der Waals surface area contributed by atoms with Crippen molar-refractivity contribution in [1.82, 2.24) is 10.2 Å². The van der Waals surface area contributed by atoms with Crippen molar-refractivity contribution in [3.63, 3.8) is 0 Å². The number of fused-ring (bicyclic) bond motifs is 3. The highest BCUT2D eigenvalue weighted by Gasteiger charge is 2.37. The molecule has 160 valence electrons. The highest BCUT2D eigenvalue weighted by Crippen LogP contribution is 2.30. The Balaban J connectivity index is 1.38. The minimum Gasteiger partial charge on any atom is -0.445 e. The predicted molar refractivity (Wildman–Crippen MR) is 118 cm³/mol. The monoisotopic (exact) mass is 408 g/mol. The summed E-state index contributed by atoms with van der Waals surface area (Å²) in [5.41, 5.74) is 3.91. The first-order valence-corrected chi connectivity index (χ1v) is 11.0. The summed E-state index contributed by atoms with van der Waals surface area (Å²) in [6.45, 7) is 7.30. The Labute approximate surface area is 179 Å². The van der Waals surface area contributed by atoms with Gasteiger partial charge in [-0.3, -0.25) is 4.90 Å². The van der Waals surface area contributed by atoms with Crippen molar-refractivity contribution in [2.45, 2.75) is 44.8 Å². The molecule has 5 rings (SSSR count). The summed E-state index contributed by atoms with van der Waals surface area (Å²) < 4.78 is 5.80. The van der Waals surface area contributed by atoms with Crippen molar-refractivity contribution >= 4 is 6.09 Å². The molecule has 3 saturated heterocycles. The van der Waals surface area contributed by atoms with Crippen LogP contribution in [0.4, 0.5) is 4.79 Å². The number of rotatable bonds is 6. The first-order chi connectivity index (χ1) is 14.4. The first kappa shape index (κ1) is 20.9. The lowest BCUT2D eigenvalue weighted by molar-refractivity contribution is -0.0349. The minimum absolute atomic E-state index is 0.0134. The fraction of sp³-hybridized carbons (Fsp3) is 0.480. The van der Waals surface area contributed by atoms with E-state index in [1.165, 1.54) is 0 Å². The van der Waals surface area contributed by atoms with Crippen LogP contribution < -0.4 is 5.32 Å². The second kappa shape index (κ2) is 8.78. The lowest BCUT2D eigenvalue weighted by Gasteiger charge is -2.44. The van der Waals surface area contributed by atoms with Crippen LogP contribution in [0.2, 0.25) is 0 Å². The van der Waals surface area contributed by atoms with Crippen molar-refractivity contribution in [3.05, 3.63) is 59.7 Å². The molecule has 0 spiro atoms. The molecular formula is C25H32N2O3. The third-order valence-corrected chi connectivity index (χ3v) is 6.56. The average molecular weight is 409 g/mol. The van der Waals surface area contributed by atoms with E-state index in [-0.39, 0.29) is 18.8 Å². The maximum absolute atomic E-state index is 12.6. The maximum atomic E-state index is 12.6. The third-order valence-electron chi connectivity index (χ3n) is 6.56. The summed E-state index contributed by atoms with van der Waals surface area (Å²) in [4.78, 5) is 15.0. The van der Waals surface area contributed by atoms with Gasteiger partial charge < -0.3 is 15.2 Å². The molecular weight excluding hydrogens is 376 g/mol. The number of benzene rings is 2. The normalized spacial score (nSPS) is 23.2. The van der Waals surface area contributed by atoms with Crippen LogP contribution in [-0.4, -0.2) is 48.4 Å². The van der Waals surface area contributed by atoms with E-state index in [0.717, 1.165) is 54.7 Å². The SMILES string of the molecule is CC(C)(NC(=O)OC1CN2CCC1CC2)c1ccc(-c2ccc(CCO)cc2)cc1. The van der Waals surface area contributed by atoms with Gasteiger partial charge in [0.25, 0.3) is 0 Å². The molecule has 5 nitrogen and oxygen atoms in total. The van der Waals surface area contributed by atoms with Gasteiger partial charge in [-0.05, 0) is 74.4 Å². The number of hydrogen-bond donors (Lipinski definition) is 2. The van der Waals surface area contributed by atoms with Crippen LogP contribution >= 0.6 is 0 Å². The summed E-state index contributed by atoms with van der Waals surface area (Å²) in [5.74, 6) is 0.506. The van der Waals surface area contributed by atoms with Crippen LogP contribution in [-0.2, 0) is 16.7 Å². The Morgan fingerprint density at radius 1 is 1.07 bits per heavy atom. The van der Waals surface area contributed by atoms with E-state index in [1.807, 2.05) is 13.8 Å². The van der Waals surface area contributed by atoms with E-state index in [0.29, 0.717) is 12.3 Å². The zero-order valence-corrected chi connectivity index (χ0v) is 17.9. The molecule has 0 saturated carbocycles. The minimum atomic E-state index is -0.519. The number of ether oxygens (including phenoxy) is 1. The predicted octanol–water partition coefficient (Wildman–Crippen LogP) is 3.94. The molecule has 2 N–H and O–H groups in total. The van der Waals surface area contributed by atoms with Gasteiger partial charge in [0.15, 0.2) is 0 Å². The standard InChI is InChI=1S/C25H32N2O3/c1-25(2,26-24(29)30-23-17-27-14-11-21(23)12-15-27)22-9-7-20(8-10-22)19-5-3-18(4-6-19)13-16-28/h3-10,21,23,28H,11-17H2,1-2H3,(H,26,29). The van der Waals surface area contributed by atoms with E-state index in [4.69, 9.17) is 9.84 Å². The Morgan fingerprint density at radius 2 is 1.67 bits per heavy atom. The molecule has 2 bridgehead atoms. The lowest BCUT2D eigenvalue weighted by Crippen LogP contribution is -2.53.